The Morgan fingerprint density at radius 2 is 1.71 bits per heavy atom. The van der Waals surface area contributed by atoms with Gasteiger partial charge in [0.2, 0.25) is 0 Å². The van der Waals surface area contributed by atoms with Crippen molar-refractivity contribution in [3.05, 3.63) is 44.1 Å². The molecule has 10 nitrogen and oxygen atoms in total. The number of urea groups is 1. The number of H-pyrrole nitrogens is 1. The van der Waals surface area contributed by atoms with E-state index in [0.29, 0.717) is 9.47 Å². The Morgan fingerprint density at radius 3 is 2.33 bits per heavy atom. The summed E-state index contributed by atoms with van der Waals surface area (Å²) in [6.07, 6.45) is 3.25. The first-order valence-corrected chi connectivity index (χ1v) is 6.26. The Labute approximate surface area is 177 Å². The third kappa shape index (κ3) is 3.81. The fraction of sp³-hybridized carbons (Fsp3) is 0.154. The van der Waals surface area contributed by atoms with Crippen LogP contribution in [0, 0.1) is 0 Å². The van der Waals surface area contributed by atoms with Gasteiger partial charge in [-0.3, -0.25) is 29.6 Å². The molecule has 1 aromatic heterocycles. The van der Waals surface area contributed by atoms with Crippen LogP contribution in [0.15, 0.2) is 27.3 Å². The van der Waals surface area contributed by atoms with Crippen LogP contribution < -0.4 is 73.1 Å². The number of hydrogen-bond donors (Lipinski definition) is 2. The summed E-state index contributed by atoms with van der Waals surface area (Å²) in [5.41, 5.74) is -2.41. The minimum atomic E-state index is -0.889. The molecule has 1 fully saturated rings. The maximum absolute atomic E-state index is 11.8. The molecular weight excluding hydrogens is 347 g/mol. The Kier molecular flexibility index (Phi) is 6.63. The molecule has 24 heavy (non-hydrogen) atoms. The van der Waals surface area contributed by atoms with Gasteiger partial charge in [-0.05, 0) is 18.0 Å². The van der Waals surface area contributed by atoms with Gasteiger partial charge in [-0.15, -0.1) is 0 Å². The van der Waals surface area contributed by atoms with E-state index in [9.17, 15) is 29.1 Å². The van der Waals surface area contributed by atoms with E-state index < -0.39 is 35.0 Å². The Bertz CT molecular complexity index is 895. The van der Waals surface area contributed by atoms with E-state index in [1.165, 1.54) is 14.1 Å². The first kappa shape index (κ1) is 20.3. The summed E-state index contributed by atoms with van der Waals surface area (Å²) in [5, 5.41) is 13.7. The smallest absolute Gasteiger partial charge is 0.859 e. The van der Waals surface area contributed by atoms with Gasteiger partial charge < -0.3 is 9.67 Å². The van der Waals surface area contributed by atoms with E-state index in [0.717, 1.165) is 18.2 Å². The van der Waals surface area contributed by atoms with Crippen LogP contribution in [0.2, 0.25) is 0 Å². The Hall–Kier alpha value is -1.79. The molecule has 0 atom stereocenters. The number of aromatic amines is 1. The summed E-state index contributed by atoms with van der Waals surface area (Å²) in [4.78, 5) is 60.0. The molecule has 1 saturated heterocycles. The molecule has 0 bridgehead atoms. The van der Waals surface area contributed by atoms with Crippen LogP contribution in [0.4, 0.5) is 4.79 Å². The van der Waals surface area contributed by atoms with Crippen LogP contribution in [-0.4, -0.2) is 39.3 Å². The second-order valence-electron chi connectivity index (χ2n) is 4.60. The number of barbiturate groups is 1. The van der Waals surface area contributed by atoms with Crippen molar-refractivity contribution in [2.24, 2.45) is 7.05 Å². The normalized spacial score (nSPS) is 16.5. The summed E-state index contributed by atoms with van der Waals surface area (Å²) in [6.45, 7) is 0. The SMILES string of the molecule is CN1C(=O)NC(=O)C(=CC=Cc2c([O-])n(C)c(=O)[nH]c2=O)C1=O.[K+]. The quantitative estimate of drug-likeness (QED) is 0.307. The molecule has 1 aromatic rings. The Balaban J connectivity index is 0.00000288. The summed E-state index contributed by atoms with van der Waals surface area (Å²) in [7, 11) is 2.38. The first-order chi connectivity index (χ1) is 10.7. The van der Waals surface area contributed by atoms with Gasteiger partial charge >= 0.3 is 63.1 Å². The molecule has 0 aliphatic carbocycles. The van der Waals surface area contributed by atoms with Gasteiger partial charge in [0.15, 0.2) is 0 Å². The average Bonchev–Trinajstić information content (AvgIpc) is 2.49. The number of allylic oxidation sites excluding steroid dienone is 2. The third-order valence-electron chi connectivity index (χ3n) is 3.14. The van der Waals surface area contributed by atoms with Crippen molar-refractivity contribution in [2.75, 3.05) is 7.05 Å². The van der Waals surface area contributed by atoms with E-state index in [1.54, 1.807) is 0 Å². The molecule has 4 amide bonds. The molecule has 120 valence electrons. The molecular formula is C13H11KN4O6. The van der Waals surface area contributed by atoms with E-state index in [4.69, 9.17) is 0 Å². The largest absolute Gasteiger partial charge is 1.00 e. The zero-order valence-corrected chi connectivity index (χ0v) is 16.2. The van der Waals surface area contributed by atoms with E-state index in [-0.39, 0.29) is 62.5 Å². The van der Waals surface area contributed by atoms with E-state index >= 15 is 0 Å². The fourth-order valence-electron chi connectivity index (χ4n) is 1.77. The van der Waals surface area contributed by atoms with Gasteiger partial charge in [0.05, 0.1) is 0 Å². The predicted molar refractivity (Wildman–Crippen MR) is 75.2 cm³/mol. The number of likely N-dealkylation sites (N-methyl/N-ethyl adjacent to an activating group) is 1. The van der Waals surface area contributed by atoms with Crippen LogP contribution in [0.5, 0.6) is 5.88 Å². The maximum Gasteiger partial charge on any atom is 1.00 e. The minimum absolute atomic E-state index is 0. The number of carbonyl (C=O) groups excluding carboxylic acids is 3. The number of rotatable bonds is 2. The van der Waals surface area contributed by atoms with Crippen molar-refractivity contribution in [3.8, 4) is 5.88 Å². The van der Waals surface area contributed by atoms with Crippen molar-refractivity contribution >= 4 is 23.9 Å². The number of imide groups is 2. The number of nitrogens with one attached hydrogen (secondary N) is 2. The molecule has 0 spiro atoms. The number of nitrogens with zero attached hydrogens (tertiary/aromatic N) is 2. The van der Waals surface area contributed by atoms with Crippen molar-refractivity contribution in [2.45, 2.75) is 0 Å². The van der Waals surface area contributed by atoms with Crippen LogP contribution in [0.3, 0.4) is 0 Å². The molecule has 0 unspecified atom stereocenters. The molecule has 1 aliphatic heterocycles. The topological polar surface area (TPSA) is 144 Å². The zero-order chi connectivity index (χ0) is 17.3. The zero-order valence-electron chi connectivity index (χ0n) is 13.1. The van der Waals surface area contributed by atoms with Crippen molar-refractivity contribution in [1.29, 1.82) is 0 Å². The predicted octanol–water partition coefficient (Wildman–Crippen LogP) is -5.20. The van der Waals surface area contributed by atoms with Gasteiger partial charge in [0.25, 0.3) is 17.4 Å². The summed E-state index contributed by atoms with van der Waals surface area (Å²) in [5.74, 6) is -2.53. The molecule has 0 aromatic carbocycles. The molecule has 0 saturated carbocycles. The fourth-order valence-corrected chi connectivity index (χ4v) is 1.77. The van der Waals surface area contributed by atoms with Gasteiger partial charge in [0.1, 0.15) is 5.57 Å². The van der Waals surface area contributed by atoms with Crippen LogP contribution in [-0.2, 0) is 16.6 Å². The van der Waals surface area contributed by atoms with Crippen molar-refractivity contribution in [3.63, 3.8) is 0 Å². The monoisotopic (exact) mass is 358 g/mol. The van der Waals surface area contributed by atoms with Crippen molar-refractivity contribution in [1.82, 2.24) is 19.8 Å². The van der Waals surface area contributed by atoms with E-state index in [1.807, 2.05) is 10.3 Å². The molecule has 11 heteroatoms. The number of amides is 4. The van der Waals surface area contributed by atoms with Gasteiger partial charge in [-0.1, -0.05) is 6.08 Å². The molecule has 2 heterocycles. The van der Waals surface area contributed by atoms with Crippen LogP contribution in [0.25, 0.3) is 6.08 Å². The van der Waals surface area contributed by atoms with Gasteiger partial charge in [-0.25, -0.2) is 9.59 Å². The molecule has 0 radical (unpaired) electrons. The van der Waals surface area contributed by atoms with Crippen LogP contribution in [0.1, 0.15) is 5.56 Å². The molecule has 2 rings (SSSR count). The molecule has 1 aliphatic rings. The number of aromatic nitrogens is 2. The van der Waals surface area contributed by atoms with E-state index in [2.05, 4.69) is 0 Å². The molecule has 2 N–H and O–H groups in total. The van der Waals surface area contributed by atoms with Gasteiger partial charge in [0, 0.05) is 19.7 Å². The first-order valence-electron chi connectivity index (χ1n) is 6.26. The second kappa shape index (κ2) is 7.85. The summed E-state index contributed by atoms with van der Waals surface area (Å²) >= 11 is 0. The number of hydrogen-bond acceptors (Lipinski definition) is 6. The van der Waals surface area contributed by atoms with Gasteiger partial charge in [-0.2, -0.15) is 0 Å². The maximum atomic E-state index is 11.8. The summed E-state index contributed by atoms with van der Waals surface area (Å²) in [6, 6.07) is -0.850. The Morgan fingerprint density at radius 1 is 1.08 bits per heavy atom. The number of carbonyl (C=O) groups is 3. The minimum Gasteiger partial charge on any atom is -0.859 e. The standard InChI is InChI=1S/C13H12N4O6.K/c1-16-10(20)6(8(18)14-12(16)22)4-3-5-7-9(19)15-13(23)17(2)11(7)21;/h3-5,20H,1-2H3,(H,14,18,22)(H,15,19,23);/q;+1/p-1. The average molecular weight is 358 g/mol. The second-order valence-corrected chi connectivity index (χ2v) is 4.60. The summed E-state index contributed by atoms with van der Waals surface area (Å²) < 4.78 is 0.707. The van der Waals surface area contributed by atoms with Crippen LogP contribution >= 0.6 is 0 Å². The van der Waals surface area contributed by atoms with Crippen molar-refractivity contribution < 1.29 is 70.9 Å². The third-order valence-corrected chi connectivity index (χ3v) is 3.14.